The molecule has 1 atom stereocenters. The van der Waals surface area contributed by atoms with Crippen LogP contribution in [-0.4, -0.2) is 33.8 Å². The summed E-state index contributed by atoms with van der Waals surface area (Å²) in [7, 11) is 0. The van der Waals surface area contributed by atoms with Crippen LogP contribution in [0.1, 0.15) is 168 Å². The second kappa shape index (κ2) is 25.0. The second-order valence-corrected chi connectivity index (χ2v) is 13.5. The van der Waals surface area contributed by atoms with Gasteiger partial charge in [0.05, 0.1) is 11.1 Å². The zero-order valence-corrected chi connectivity index (χ0v) is 30.7. The minimum Gasteiger partial charge on any atom is -0.507 e. The Morgan fingerprint density at radius 2 is 1.00 bits per heavy atom. The number of rotatable bonds is 24. The summed E-state index contributed by atoms with van der Waals surface area (Å²) in [5.74, 6) is -2.13. The first-order valence-corrected chi connectivity index (χ1v) is 19.0. The molecule has 10 heteroatoms. The van der Waals surface area contributed by atoms with E-state index in [0.717, 1.165) is 81.8 Å². The molecule has 0 fully saturated rings. The molecule has 50 heavy (non-hydrogen) atoms. The summed E-state index contributed by atoms with van der Waals surface area (Å²) in [5.41, 5.74) is 11.9. The Hall–Kier alpha value is -4.08. The Bertz CT molecular complexity index is 1330. The third-order valence-electron chi connectivity index (χ3n) is 9.10. The smallest absolute Gasteiger partial charge is 0.273 e. The van der Waals surface area contributed by atoms with Gasteiger partial charge in [-0.3, -0.25) is 40.9 Å². The average Bonchev–Trinajstić information content (AvgIpc) is 3.10. The molecule has 2 aromatic rings. The highest BCUT2D eigenvalue weighted by Gasteiger charge is 2.17. The van der Waals surface area contributed by atoms with Gasteiger partial charge in [0, 0.05) is 12.3 Å². The molecule has 0 saturated heterocycles. The highest BCUT2D eigenvalue weighted by molar-refractivity contribution is 5.98. The van der Waals surface area contributed by atoms with Crippen molar-refractivity contribution >= 4 is 23.6 Å². The zero-order valence-electron chi connectivity index (χ0n) is 30.7. The van der Waals surface area contributed by atoms with Gasteiger partial charge in [0.15, 0.2) is 0 Å². The minimum atomic E-state index is -0.554. The molecule has 278 valence electrons. The Morgan fingerprint density at radius 3 is 1.50 bits per heavy atom. The maximum absolute atomic E-state index is 12.5. The normalized spacial score (nSPS) is 11.5. The summed E-state index contributed by atoms with van der Waals surface area (Å²) >= 11 is 0. The lowest BCUT2D eigenvalue weighted by Crippen LogP contribution is -2.44. The number of hydrazine groups is 2. The first kappa shape index (κ1) is 42.1. The van der Waals surface area contributed by atoms with E-state index in [1.165, 1.54) is 38.5 Å². The van der Waals surface area contributed by atoms with Gasteiger partial charge in [-0.2, -0.15) is 0 Å². The summed E-state index contributed by atoms with van der Waals surface area (Å²) in [6, 6.07) is 10.1. The van der Waals surface area contributed by atoms with Gasteiger partial charge in [0.25, 0.3) is 11.8 Å². The van der Waals surface area contributed by atoms with Crippen molar-refractivity contribution in [1.82, 2.24) is 21.7 Å². The van der Waals surface area contributed by atoms with Crippen molar-refractivity contribution < 1.29 is 29.4 Å². The highest BCUT2D eigenvalue weighted by Crippen LogP contribution is 2.22. The SMILES string of the molecule is CCCCCCCc1ccc(C(=O)NNC(=O)CCCCCCCCC(C)C(=O)NNC(=O)c2ccc(CCCCCCC)cc2O)c(O)c1. The molecule has 0 spiro atoms. The molecule has 1 unspecified atom stereocenters. The molecule has 0 bridgehead atoms. The molecule has 2 aromatic carbocycles. The van der Waals surface area contributed by atoms with E-state index in [1.54, 1.807) is 24.3 Å². The lowest BCUT2D eigenvalue weighted by Gasteiger charge is -2.14. The molecule has 0 aromatic heterocycles. The fraction of sp³-hybridized carbons (Fsp3) is 0.600. The number of benzene rings is 2. The molecular weight excluding hydrogens is 632 g/mol. The number of phenolic OH excluding ortho intramolecular Hbond substituents is 2. The van der Waals surface area contributed by atoms with Gasteiger partial charge in [-0.1, -0.05) is 116 Å². The third-order valence-corrected chi connectivity index (χ3v) is 9.10. The molecule has 0 aliphatic carbocycles. The summed E-state index contributed by atoms with van der Waals surface area (Å²) in [4.78, 5) is 49.6. The summed E-state index contributed by atoms with van der Waals surface area (Å²) in [6.45, 7) is 6.18. The van der Waals surface area contributed by atoms with Gasteiger partial charge < -0.3 is 10.2 Å². The molecule has 0 aliphatic rings. The van der Waals surface area contributed by atoms with Crippen molar-refractivity contribution in [2.75, 3.05) is 0 Å². The zero-order chi connectivity index (χ0) is 36.6. The number of unbranched alkanes of at least 4 members (excludes halogenated alkanes) is 13. The van der Waals surface area contributed by atoms with E-state index >= 15 is 0 Å². The molecule has 6 N–H and O–H groups in total. The van der Waals surface area contributed by atoms with Crippen LogP contribution >= 0.6 is 0 Å². The van der Waals surface area contributed by atoms with Gasteiger partial charge in [0.2, 0.25) is 11.8 Å². The van der Waals surface area contributed by atoms with Gasteiger partial charge in [0.1, 0.15) is 11.5 Å². The van der Waals surface area contributed by atoms with E-state index in [-0.39, 0.29) is 46.8 Å². The van der Waals surface area contributed by atoms with E-state index in [1.807, 2.05) is 19.1 Å². The number of aromatic hydroxyl groups is 2. The Morgan fingerprint density at radius 1 is 0.560 bits per heavy atom. The minimum absolute atomic E-state index is 0.0920. The number of amides is 4. The van der Waals surface area contributed by atoms with Gasteiger partial charge in [-0.15, -0.1) is 0 Å². The molecule has 0 radical (unpaired) electrons. The average molecular weight is 695 g/mol. The summed E-state index contributed by atoms with van der Waals surface area (Å²) < 4.78 is 0. The molecule has 0 saturated carbocycles. The molecule has 2 rings (SSSR count). The lowest BCUT2D eigenvalue weighted by atomic mass is 10.0. The summed E-state index contributed by atoms with van der Waals surface area (Å²) in [6.07, 6.45) is 19.6. The van der Waals surface area contributed by atoms with Crippen LogP contribution in [0.15, 0.2) is 36.4 Å². The number of aryl methyl sites for hydroxylation is 2. The Kier molecular flexibility index (Phi) is 21.0. The number of carbonyl (C=O) groups is 4. The van der Waals surface area contributed by atoms with Crippen molar-refractivity contribution in [3.8, 4) is 11.5 Å². The number of nitrogens with one attached hydrogen (secondary N) is 4. The van der Waals surface area contributed by atoms with E-state index in [0.29, 0.717) is 12.8 Å². The predicted octanol–water partition coefficient (Wildman–Crippen LogP) is 8.10. The predicted molar refractivity (Wildman–Crippen MR) is 198 cm³/mol. The van der Waals surface area contributed by atoms with E-state index in [2.05, 4.69) is 35.6 Å². The van der Waals surface area contributed by atoms with Crippen molar-refractivity contribution in [2.45, 2.75) is 149 Å². The largest absolute Gasteiger partial charge is 0.507 e. The van der Waals surface area contributed by atoms with Crippen LogP contribution in [-0.2, 0) is 22.4 Å². The number of carbonyl (C=O) groups excluding carboxylic acids is 4. The van der Waals surface area contributed by atoms with Crippen molar-refractivity contribution in [3.63, 3.8) is 0 Å². The van der Waals surface area contributed by atoms with Crippen LogP contribution in [0.25, 0.3) is 0 Å². The van der Waals surface area contributed by atoms with Gasteiger partial charge in [-0.25, -0.2) is 0 Å². The van der Waals surface area contributed by atoms with Gasteiger partial charge in [-0.05, 0) is 73.9 Å². The van der Waals surface area contributed by atoms with Crippen LogP contribution in [0.3, 0.4) is 0 Å². The van der Waals surface area contributed by atoms with E-state index in [9.17, 15) is 29.4 Å². The molecular formula is C40H62N4O6. The molecule has 0 heterocycles. The number of hydrogen-bond acceptors (Lipinski definition) is 6. The first-order valence-electron chi connectivity index (χ1n) is 19.0. The summed E-state index contributed by atoms with van der Waals surface area (Å²) in [5, 5.41) is 20.6. The first-order chi connectivity index (χ1) is 24.2. The third kappa shape index (κ3) is 17.0. The number of phenols is 2. The fourth-order valence-electron chi connectivity index (χ4n) is 5.85. The molecule has 0 aliphatic heterocycles. The Labute approximate surface area is 299 Å². The van der Waals surface area contributed by atoms with Crippen LogP contribution in [0, 0.1) is 5.92 Å². The van der Waals surface area contributed by atoms with E-state index < -0.39 is 11.8 Å². The topological polar surface area (TPSA) is 157 Å². The quantitative estimate of drug-likeness (QED) is 0.0482. The monoisotopic (exact) mass is 694 g/mol. The maximum Gasteiger partial charge on any atom is 0.273 e. The van der Waals surface area contributed by atoms with Crippen LogP contribution in [0.4, 0.5) is 0 Å². The highest BCUT2D eigenvalue weighted by atomic mass is 16.3. The van der Waals surface area contributed by atoms with Crippen molar-refractivity contribution in [3.05, 3.63) is 58.7 Å². The standard InChI is InChI=1S/C40H62N4O6/c1-4-6-8-12-17-21-31-24-26-33(35(45)28-31)39(49)43-41-37(47)23-19-15-11-10-14-16-20-30(3)38(48)42-44-40(50)34-27-25-32(29-36(34)46)22-18-13-9-7-5-2/h24-30,45-46H,4-23H2,1-3H3,(H,41,47)(H,42,48)(H,43,49)(H,44,50). The van der Waals surface area contributed by atoms with Crippen LogP contribution in [0.5, 0.6) is 11.5 Å². The molecule has 4 amide bonds. The second-order valence-electron chi connectivity index (χ2n) is 13.5. The van der Waals surface area contributed by atoms with Gasteiger partial charge >= 0.3 is 0 Å². The fourth-order valence-corrected chi connectivity index (χ4v) is 5.85. The van der Waals surface area contributed by atoms with Crippen molar-refractivity contribution in [2.24, 2.45) is 5.92 Å². The maximum atomic E-state index is 12.5. The molecule has 10 nitrogen and oxygen atoms in total. The van der Waals surface area contributed by atoms with Crippen LogP contribution in [0.2, 0.25) is 0 Å². The van der Waals surface area contributed by atoms with Crippen molar-refractivity contribution in [1.29, 1.82) is 0 Å². The number of hydrogen-bond donors (Lipinski definition) is 6. The Balaban J connectivity index is 1.53. The lowest BCUT2D eigenvalue weighted by molar-refractivity contribution is -0.125. The van der Waals surface area contributed by atoms with E-state index in [4.69, 9.17) is 0 Å². The van der Waals surface area contributed by atoms with Crippen LogP contribution < -0.4 is 21.7 Å².